The van der Waals surface area contributed by atoms with Crippen molar-refractivity contribution in [1.82, 2.24) is 0 Å². The monoisotopic (exact) mass is 600 g/mol. The van der Waals surface area contributed by atoms with E-state index < -0.39 is 11.6 Å². The first kappa shape index (κ1) is 27.8. The second-order valence-electron chi connectivity index (χ2n) is 11.7. The van der Waals surface area contributed by atoms with Crippen molar-refractivity contribution in [1.29, 1.82) is 0 Å². The number of carbonyl (C=O) groups is 1. The normalized spacial score (nSPS) is 19.1. The van der Waals surface area contributed by atoms with Crippen LogP contribution >= 0.6 is 0 Å². The van der Waals surface area contributed by atoms with Crippen LogP contribution in [0.25, 0.3) is 21.5 Å². The van der Waals surface area contributed by atoms with Crippen molar-refractivity contribution in [2.24, 2.45) is 10.2 Å². The molecule has 2 aliphatic heterocycles. The summed E-state index contributed by atoms with van der Waals surface area (Å²) in [7, 11) is 0. The molecular weight excluding hydrogens is 568 g/mol. The topological polar surface area (TPSA) is 57.5 Å². The number of carbonyl (C=O) groups excluding carboxylic acids is 1. The Morgan fingerprint density at radius 1 is 0.674 bits per heavy atom. The Morgan fingerprint density at radius 2 is 1.22 bits per heavy atom. The smallest absolute Gasteiger partial charge is 0.333 e. The molecule has 2 aliphatic rings. The van der Waals surface area contributed by atoms with Crippen molar-refractivity contribution in [2.45, 2.75) is 24.9 Å². The van der Waals surface area contributed by atoms with Gasteiger partial charge in [0.2, 0.25) is 0 Å². The van der Waals surface area contributed by atoms with Crippen molar-refractivity contribution < 1.29 is 9.53 Å². The fraction of sp³-hybridized carbons (Fsp3) is 0.125. The average molecular weight is 601 g/mol. The molecule has 6 aromatic carbocycles. The van der Waals surface area contributed by atoms with Crippen molar-refractivity contribution in [2.75, 3.05) is 16.6 Å². The Morgan fingerprint density at radius 3 is 1.85 bits per heavy atom. The Labute approximate surface area is 267 Å². The molecule has 2 heterocycles. The highest BCUT2D eigenvalue weighted by Gasteiger charge is 2.63. The van der Waals surface area contributed by atoms with Gasteiger partial charge >= 0.3 is 5.97 Å². The van der Waals surface area contributed by atoms with Gasteiger partial charge in [-0.05, 0) is 70.4 Å². The number of ether oxygens (including phenoxy) is 1. The van der Waals surface area contributed by atoms with Gasteiger partial charge in [0.15, 0.2) is 6.04 Å². The van der Waals surface area contributed by atoms with Gasteiger partial charge in [0, 0.05) is 12.0 Å². The predicted octanol–water partition coefficient (Wildman–Crippen LogP) is 8.20. The summed E-state index contributed by atoms with van der Waals surface area (Å²) in [4.78, 5) is 14.4. The van der Waals surface area contributed by atoms with Gasteiger partial charge in [-0.25, -0.2) is 14.8 Å². The summed E-state index contributed by atoms with van der Waals surface area (Å²) in [6, 6.07) is 48.6. The second kappa shape index (κ2) is 11.3. The molecule has 6 aromatic rings. The highest BCUT2D eigenvalue weighted by atomic mass is 16.5. The summed E-state index contributed by atoms with van der Waals surface area (Å²) >= 11 is 0. The van der Waals surface area contributed by atoms with Gasteiger partial charge in [-0.15, -0.1) is 0 Å². The molecule has 0 amide bonds. The molecule has 1 spiro atoms. The molecular formula is C40H32N4O2. The number of rotatable bonds is 6. The van der Waals surface area contributed by atoms with Gasteiger partial charge in [-0.1, -0.05) is 109 Å². The molecule has 224 valence electrons. The van der Waals surface area contributed by atoms with E-state index >= 15 is 0 Å². The van der Waals surface area contributed by atoms with E-state index in [-0.39, 0.29) is 12.6 Å². The molecule has 0 N–H and O–H groups in total. The maximum absolute atomic E-state index is 14.4. The molecule has 0 saturated carbocycles. The number of para-hydroxylation sites is 2. The first-order valence-corrected chi connectivity index (χ1v) is 15.7. The predicted molar refractivity (Wildman–Crippen MR) is 187 cm³/mol. The fourth-order valence-electron chi connectivity index (χ4n) is 6.89. The zero-order chi connectivity index (χ0) is 31.1. The van der Waals surface area contributed by atoms with Crippen LogP contribution in [0.4, 0.5) is 11.4 Å². The quantitative estimate of drug-likeness (QED) is 0.181. The van der Waals surface area contributed by atoms with E-state index in [1.54, 1.807) is 0 Å². The van der Waals surface area contributed by atoms with Gasteiger partial charge in [0.25, 0.3) is 0 Å². The SMILES string of the molecule is CCOC(=O)[C@H]1N(c2ccccc2)N=C(c2ccc3ccccc3c2)[C@]12CC(c1ccc3ccccc3c1)=NN2c1ccccc1. The summed E-state index contributed by atoms with van der Waals surface area (Å²) in [5.74, 6) is -0.346. The highest BCUT2D eigenvalue weighted by molar-refractivity contribution is 6.21. The third kappa shape index (κ3) is 4.53. The minimum Gasteiger partial charge on any atom is -0.464 e. The molecule has 0 unspecified atom stereocenters. The number of fused-ring (bicyclic) bond motifs is 2. The van der Waals surface area contributed by atoms with Crippen molar-refractivity contribution in [3.8, 4) is 0 Å². The lowest BCUT2D eigenvalue weighted by atomic mass is 9.77. The number of esters is 1. The van der Waals surface area contributed by atoms with Crippen LogP contribution in [0.1, 0.15) is 24.5 Å². The van der Waals surface area contributed by atoms with E-state index in [4.69, 9.17) is 14.9 Å². The lowest BCUT2D eigenvalue weighted by molar-refractivity contribution is -0.145. The van der Waals surface area contributed by atoms with Crippen LogP contribution in [0.3, 0.4) is 0 Å². The highest BCUT2D eigenvalue weighted by Crippen LogP contribution is 2.47. The molecule has 0 aliphatic carbocycles. The summed E-state index contributed by atoms with van der Waals surface area (Å²) in [6.45, 7) is 2.10. The van der Waals surface area contributed by atoms with Crippen molar-refractivity contribution in [3.63, 3.8) is 0 Å². The zero-order valence-electron chi connectivity index (χ0n) is 25.5. The molecule has 8 rings (SSSR count). The molecule has 0 radical (unpaired) electrons. The average Bonchev–Trinajstić information content (AvgIpc) is 3.67. The third-order valence-corrected chi connectivity index (χ3v) is 8.99. The molecule has 2 atom stereocenters. The molecule has 6 nitrogen and oxygen atoms in total. The van der Waals surface area contributed by atoms with Crippen LogP contribution < -0.4 is 10.0 Å². The largest absolute Gasteiger partial charge is 0.464 e. The molecule has 46 heavy (non-hydrogen) atoms. The van der Waals surface area contributed by atoms with Crippen LogP contribution in [-0.2, 0) is 9.53 Å². The lowest BCUT2D eigenvalue weighted by Gasteiger charge is -2.40. The summed E-state index contributed by atoms with van der Waals surface area (Å²) in [6.07, 6.45) is 0.443. The lowest BCUT2D eigenvalue weighted by Crippen LogP contribution is -2.62. The number of anilines is 2. The van der Waals surface area contributed by atoms with Crippen molar-refractivity contribution in [3.05, 3.63) is 157 Å². The number of hydrogen-bond acceptors (Lipinski definition) is 6. The molecule has 0 bridgehead atoms. The summed E-state index contributed by atoms with van der Waals surface area (Å²) in [5.41, 5.74) is 4.25. The molecule has 6 heteroatoms. The minimum atomic E-state index is -1.02. The van der Waals surface area contributed by atoms with Gasteiger partial charge in [0.1, 0.15) is 5.54 Å². The minimum absolute atomic E-state index is 0.253. The maximum atomic E-state index is 14.4. The van der Waals surface area contributed by atoms with Crippen LogP contribution in [-0.4, -0.2) is 35.6 Å². The van der Waals surface area contributed by atoms with Crippen LogP contribution in [0.5, 0.6) is 0 Å². The molecule has 0 aromatic heterocycles. The van der Waals surface area contributed by atoms with E-state index in [1.165, 1.54) is 5.39 Å². The standard InChI is InChI=1S/C40H32N4O2/c1-2-46-39(45)38-40(37(42-43(38)34-17-5-3-6-18-34)33-24-22-29-14-10-12-16-31(29)26-33)27-36(41-44(40)35-19-7-4-8-20-35)32-23-21-28-13-9-11-15-30(28)25-32/h3-26,38H,2,27H2,1H3/t38-,40-/m1/s1. The van der Waals surface area contributed by atoms with Gasteiger partial charge < -0.3 is 4.74 Å². The maximum Gasteiger partial charge on any atom is 0.333 e. The Balaban J connectivity index is 1.39. The number of nitrogens with zero attached hydrogens (tertiary/aromatic N) is 4. The van der Waals surface area contributed by atoms with Crippen LogP contribution in [0, 0.1) is 0 Å². The summed E-state index contributed by atoms with van der Waals surface area (Å²) < 4.78 is 5.87. The molecule has 0 fully saturated rings. The first-order valence-electron chi connectivity index (χ1n) is 15.7. The van der Waals surface area contributed by atoms with E-state index in [0.29, 0.717) is 6.42 Å². The second-order valence-corrected chi connectivity index (χ2v) is 11.7. The third-order valence-electron chi connectivity index (χ3n) is 8.99. The first-order chi connectivity index (χ1) is 22.7. The number of hydrogen-bond donors (Lipinski definition) is 0. The Hall–Kier alpha value is -5.75. The van der Waals surface area contributed by atoms with E-state index in [9.17, 15) is 4.79 Å². The Bertz CT molecular complexity index is 2140. The van der Waals surface area contributed by atoms with Crippen molar-refractivity contribution >= 4 is 50.3 Å². The van der Waals surface area contributed by atoms with E-state index in [2.05, 4.69) is 66.7 Å². The number of hydrazone groups is 2. The van der Waals surface area contributed by atoms with Gasteiger partial charge in [-0.3, -0.25) is 0 Å². The number of benzene rings is 6. The fourth-order valence-corrected chi connectivity index (χ4v) is 6.89. The summed E-state index contributed by atoms with van der Waals surface area (Å²) in [5, 5.41) is 19.1. The molecule has 0 saturated heterocycles. The zero-order valence-corrected chi connectivity index (χ0v) is 25.5. The van der Waals surface area contributed by atoms with Gasteiger partial charge in [0.05, 0.1) is 29.4 Å². The Kier molecular flexibility index (Phi) is 6.83. The van der Waals surface area contributed by atoms with E-state index in [0.717, 1.165) is 50.1 Å². The van der Waals surface area contributed by atoms with Crippen LogP contribution in [0.15, 0.2) is 156 Å². The van der Waals surface area contributed by atoms with E-state index in [1.807, 2.05) is 95.8 Å². The van der Waals surface area contributed by atoms with Crippen LogP contribution in [0.2, 0.25) is 0 Å². The van der Waals surface area contributed by atoms with Gasteiger partial charge in [-0.2, -0.15) is 10.2 Å².